The molecule has 1 atom stereocenters. The van der Waals surface area contributed by atoms with Gasteiger partial charge in [-0.25, -0.2) is 4.68 Å². The number of carbonyl (C=O) groups excluding carboxylic acids is 3. The number of nitrogens with zero attached hydrogens (tertiary/aromatic N) is 3. The molecule has 0 spiro atoms. The van der Waals surface area contributed by atoms with Crippen LogP contribution in [0.1, 0.15) is 16.2 Å². The van der Waals surface area contributed by atoms with E-state index in [1.807, 2.05) is 18.2 Å². The number of primary amides is 1. The Morgan fingerprint density at radius 2 is 1.74 bits per heavy atom. The van der Waals surface area contributed by atoms with Crippen LogP contribution in [-0.2, 0) is 16.0 Å². The van der Waals surface area contributed by atoms with Gasteiger partial charge in [-0.15, -0.1) is 0 Å². The summed E-state index contributed by atoms with van der Waals surface area (Å²) in [6, 6.07) is 14.7. The first kappa shape index (κ1) is 18.0. The molecule has 1 aromatic carbocycles. The number of pyridine rings is 1. The molecule has 0 aliphatic carbocycles. The van der Waals surface area contributed by atoms with Crippen molar-refractivity contribution in [3.8, 4) is 5.69 Å². The highest BCUT2D eigenvalue weighted by atomic mass is 16.2. The number of amides is 2. The summed E-state index contributed by atoms with van der Waals surface area (Å²) in [5.41, 5.74) is 6.59. The molecular formula is C19H17N5O3. The van der Waals surface area contributed by atoms with Crippen LogP contribution in [0.3, 0.4) is 0 Å². The van der Waals surface area contributed by atoms with Crippen molar-refractivity contribution in [2.75, 3.05) is 0 Å². The molecule has 2 heterocycles. The van der Waals surface area contributed by atoms with Crippen molar-refractivity contribution in [3.63, 3.8) is 0 Å². The predicted octanol–water partition coefficient (Wildman–Crippen LogP) is 0.663. The lowest BCUT2D eigenvalue weighted by Gasteiger charge is -2.16. The van der Waals surface area contributed by atoms with E-state index in [4.69, 9.17) is 5.73 Å². The Balaban J connectivity index is 1.84. The van der Waals surface area contributed by atoms with Crippen LogP contribution in [0.2, 0.25) is 0 Å². The van der Waals surface area contributed by atoms with Gasteiger partial charge in [0, 0.05) is 18.3 Å². The van der Waals surface area contributed by atoms with Crippen LogP contribution in [0, 0.1) is 0 Å². The first-order chi connectivity index (χ1) is 13.1. The second kappa shape index (κ2) is 8.05. The topological polar surface area (TPSA) is 120 Å². The largest absolute Gasteiger partial charge is 0.363 e. The van der Waals surface area contributed by atoms with Crippen molar-refractivity contribution in [2.24, 2.45) is 5.73 Å². The molecule has 8 nitrogen and oxygen atoms in total. The molecular weight excluding hydrogens is 346 g/mol. The van der Waals surface area contributed by atoms with Gasteiger partial charge in [0.05, 0.1) is 11.9 Å². The Morgan fingerprint density at radius 1 is 1.00 bits per heavy atom. The molecule has 0 bridgehead atoms. The van der Waals surface area contributed by atoms with E-state index in [9.17, 15) is 14.4 Å². The maximum atomic E-state index is 12.7. The molecule has 0 radical (unpaired) electrons. The molecule has 0 saturated carbocycles. The molecule has 8 heteroatoms. The summed E-state index contributed by atoms with van der Waals surface area (Å²) >= 11 is 0. The van der Waals surface area contributed by atoms with Crippen LogP contribution >= 0.6 is 0 Å². The van der Waals surface area contributed by atoms with Crippen molar-refractivity contribution in [2.45, 2.75) is 12.5 Å². The van der Waals surface area contributed by atoms with E-state index in [2.05, 4.69) is 15.4 Å². The molecule has 0 saturated heterocycles. The number of nitrogens with one attached hydrogen (secondary N) is 1. The Kier molecular flexibility index (Phi) is 5.36. The molecule has 27 heavy (non-hydrogen) atoms. The molecule has 3 N–H and O–H groups in total. The van der Waals surface area contributed by atoms with Gasteiger partial charge in [0.1, 0.15) is 11.7 Å². The smallest absolute Gasteiger partial charge is 0.287 e. The molecule has 0 fully saturated rings. The van der Waals surface area contributed by atoms with Crippen LogP contribution in [0.5, 0.6) is 0 Å². The van der Waals surface area contributed by atoms with E-state index in [0.29, 0.717) is 11.4 Å². The van der Waals surface area contributed by atoms with E-state index in [1.54, 1.807) is 36.5 Å². The summed E-state index contributed by atoms with van der Waals surface area (Å²) in [5, 5.41) is 6.71. The van der Waals surface area contributed by atoms with Crippen LogP contribution in [0.25, 0.3) is 5.69 Å². The van der Waals surface area contributed by atoms with Gasteiger partial charge in [-0.2, -0.15) is 5.10 Å². The molecule has 0 aliphatic rings. The number of aromatic nitrogens is 3. The fraction of sp³-hybridized carbons (Fsp3) is 0.105. The first-order valence-corrected chi connectivity index (χ1v) is 8.20. The van der Waals surface area contributed by atoms with Crippen molar-refractivity contribution < 1.29 is 14.4 Å². The number of carbonyl (C=O) groups is 3. The van der Waals surface area contributed by atoms with Crippen LogP contribution in [-0.4, -0.2) is 38.4 Å². The summed E-state index contributed by atoms with van der Waals surface area (Å²) in [6.45, 7) is 0. The SMILES string of the molecule is NC(=O)C(=O)C(Cc1ccccn1)NC(=O)c1ccnn1-c1ccccc1. The monoisotopic (exact) mass is 363 g/mol. The van der Waals surface area contributed by atoms with Gasteiger partial charge in [-0.3, -0.25) is 19.4 Å². The van der Waals surface area contributed by atoms with Crippen molar-refractivity contribution in [1.82, 2.24) is 20.1 Å². The average Bonchev–Trinajstić information content (AvgIpc) is 3.18. The standard InChI is InChI=1S/C19H17N5O3/c20-18(26)17(25)15(12-13-6-4-5-10-21-13)23-19(27)16-9-11-22-24(16)14-7-2-1-3-8-14/h1-11,15H,12H2,(H2,20,26)(H,23,27). The lowest BCUT2D eigenvalue weighted by molar-refractivity contribution is -0.137. The lowest BCUT2D eigenvalue weighted by Crippen LogP contribution is -2.47. The normalized spacial score (nSPS) is 11.6. The van der Waals surface area contributed by atoms with Gasteiger partial charge in [-0.1, -0.05) is 24.3 Å². The van der Waals surface area contributed by atoms with Crippen LogP contribution in [0.15, 0.2) is 67.0 Å². The van der Waals surface area contributed by atoms with E-state index in [0.717, 1.165) is 0 Å². The summed E-state index contributed by atoms with van der Waals surface area (Å²) in [5.74, 6) is -2.56. The lowest BCUT2D eigenvalue weighted by atomic mass is 10.1. The first-order valence-electron chi connectivity index (χ1n) is 8.20. The minimum atomic E-state index is -1.12. The highest BCUT2D eigenvalue weighted by Crippen LogP contribution is 2.11. The van der Waals surface area contributed by atoms with Crippen molar-refractivity contribution >= 4 is 17.6 Å². The number of para-hydroxylation sites is 1. The Morgan fingerprint density at radius 3 is 2.41 bits per heavy atom. The quantitative estimate of drug-likeness (QED) is 0.598. The average molecular weight is 363 g/mol. The van der Waals surface area contributed by atoms with Crippen LogP contribution in [0.4, 0.5) is 0 Å². The third-order valence-corrected chi connectivity index (χ3v) is 3.88. The van der Waals surface area contributed by atoms with E-state index in [-0.39, 0.29) is 12.1 Å². The summed E-state index contributed by atoms with van der Waals surface area (Å²) in [4.78, 5) is 40.4. The highest BCUT2D eigenvalue weighted by Gasteiger charge is 2.27. The fourth-order valence-electron chi connectivity index (χ4n) is 2.59. The Bertz CT molecular complexity index is 954. The molecule has 3 aromatic rings. The molecule has 3 rings (SSSR count). The second-order valence-electron chi connectivity index (χ2n) is 5.74. The van der Waals surface area contributed by atoms with E-state index < -0.39 is 23.6 Å². The predicted molar refractivity (Wildman–Crippen MR) is 97.0 cm³/mol. The van der Waals surface area contributed by atoms with Gasteiger partial charge in [0.2, 0.25) is 5.78 Å². The minimum absolute atomic E-state index is 0.0494. The zero-order valence-corrected chi connectivity index (χ0v) is 14.3. The Hall–Kier alpha value is -3.81. The number of hydrogen-bond donors (Lipinski definition) is 2. The molecule has 2 amide bonds. The highest BCUT2D eigenvalue weighted by molar-refractivity contribution is 6.38. The Labute approximate surface area is 155 Å². The molecule has 2 aromatic heterocycles. The van der Waals surface area contributed by atoms with Gasteiger partial charge >= 0.3 is 0 Å². The maximum absolute atomic E-state index is 12.7. The second-order valence-corrected chi connectivity index (χ2v) is 5.74. The van der Waals surface area contributed by atoms with Gasteiger partial charge < -0.3 is 11.1 Å². The third-order valence-electron chi connectivity index (χ3n) is 3.88. The minimum Gasteiger partial charge on any atom is -0.363 e. The van der Waals surface area contributed by atoms with Crippen LogP contribution < -0.4 is 11.1 Å². The summed E-state index contributed by atoms with van der Waals surface area (Å²) in [7, 11) is 0. The fourth-order valence-corrected chi connectivity index (χ4v) is 2.59. The number of rotatable bonds is 7. The number of nitrogens with two attached hydrogens (primary N) is 1. The molecule has 136 valence electrons. The van der Waals surface area contributed by atoms with Gasteiger partial charge in [-0.05, 0) is 30.3 Å². The molecule has 1 unspecified atom stereocenters. The zero-order chi connectivity index (χ0) is 19.2. The molecule has 0 aliphatic heterocycles. The number of hydrogen-bond acceptors (Lipinski definition) is 5. The van der Waals surface area contributed by atoms with Crippen molar-refractivity contribution in [1.29, 1.82) is 0 Å². The zero-order valence-electron chi connectivity index (χ0n) is 14.3. The van der Waals surface area contributed by atoms with Crippen molar-refractivity contribution in [3.05, 3.63) is 78.4 Å². The summed E-state index contributed by atoms with van der Waals surface area (Å²) in [6.07, 6.45) is 3.09. The summed E-state index contributed by atoms with van der Waals surface area (Å²) < 4.78 is 1.45. The van der Waals surface area contributed by atoms with E-state index in [1.165, 1.54) is 16.9 Å². The van der Waals surface area contributed by atoms with Gasteiger partial charge in [0.15, 0.2) is 0 Å². The van der Waals surface area contributed by atoms with E-state index >= 15 is 0 Å². The number of ketones is 1. The number of Topliss-reactive ketones (excluding diaryl/α,β-unsaturated/α-hetero) is 1. The number of benzene rings is 1. The third kappa shape index (κ3) is 4.24. The maximum Gasteiger partial charge on any atom is 0.287 e. The van der Waals surface area contributed by atoms with Gasteiger partial charge in [0.25, 0.3) is 11.8 Å².